The molecule has 0 radical (unpaired) electrons. The van der Waals surface area contributed by atoms with Crippen LogP contribution in [0.15, 0.2) is 29.4 Å². The van der Waals surface area contributed by atoms with Gasteiger partial charge < -0.3 is 16.1 Å². The van der Waals surface area contributed by atoms with Gasteiger partial charge in [-0.1, -0.05) is 11.8 Å². The van der Waals surface area contributed by atoms with E-state index in [2.05, 4.69) is 37.6 Å². The quantitative estimate of drug-likeness (QED) is 0.460. The molecule has 0 atom stereocenters. The molecule has 0 spiro atoms. The summed E-state index contributed by atoms with van der Waals surface area (Å²) in [4.78, 5) is 14.8. The van der Waals surface area contributed by atoms with Gasteiger partial charge in [-0.05, 0) is 63.4 Å². The molecule has 1 aliphatic heterocycles. The second-order valence-electron chi connectivity index (χ2n) is 7.52. The molecule has 0 unspecified atom stereocenters. The summed E-state index contributed by atoms with van der Waals surface area (Å²) < 4.78 is 2.99. The van der Waals surface area contributed by atoms with Crippen LogP contribution in [0.5, 0.6) is 0 Å². The second-order valence-corrected chi connectivity index (χ2v) is 8.46. The lowest BCUT2D eigenvalue weighted by atomic mass is 10.1. The van der Waals surface area contributed by atoms with Crippen molar-refractivity contribution in [3.63, 3.8) is 0 Å². The van der Waals surface area contributed by atoms with E-state index < -0.39 is 0 Å². The van der Waals surface area contributed by atoms with Gasteiger partial charge in [-0.3, -0.25) is 4.79 Å². The molecule has 1 saturated heterocycles. The SMILES string of the molecule is Cc1cc(C)n(-c2nnc(SCC(=O)Nc3ccc(N4CCCC4)cc3C)n2N)n1. The van der Waals surface area contributed by atoms with Crippen molar-refractivity contribution in [1.29, 1.82) is 0 Å². The first kappa shape index (κ1) is 20.3. The molecule has 30 heavy (non-hydrogen) atoms. The van der Waals surface area contributed by atoms with E-state index in [4.69, 9.17) is 5.84 Å². The average Bonchev–Trinajstić information content (AvgIpc) is 3.43. The maximum atomic E-state index is 12.5. The van der Waals surface area contributed by atoms with Gasteiger partial charge in [0, 0.05) is 30.2 Å². The number of nitrogens with zero attached hydrogens (tertiary/aromatic N) is 6. The zero-order chi connectivity index (χ0) is 21.3. The molecular formula is C20H26N8OS. The first-order valence-corrected chi connectivity index (χ1v) is 10.9. The molecule has 4 rings (SSSR count). The monoisotopic (exact) mass is 426 g/mol. The van der Waals surface area contributed by atoms with Crippen LogP contribution in [0.3, 0.4) is 0 Å². The molecule has 3 N–H and O–H groups in total. The summed E-state index contributed by atoms with van der Waals surface area (Å²) in [5.41, 5.74) is 4.86. The Morgan fingerprint density at radius 1 is 1.17 bits per heavy atom. The summed E-state index contributed by atoms with van der Waals surface area (Å²) in [5.74, 6) is 6.60. The Labute approximate surface area is 179 Å². The summed E-state index contributed by atoms with van der Waals surface area (Å²) >= 11 is 1.23. The van der Waals surface area contributed by atoms with Crippen molar-refractivity contribution in [3.05, 3.63) is 41.2 Å². The van der Waals surface area contributed by atoms with Crippen molar-refractivity contribution in [2.75, 3.05) is 34.9 Å². The lowest BCUT2D eigenvalue weighted by Crippen LogP contribution is -2.19. The van der Waals surface area contributed by atoms with Crippen LogP contribution in [0, 0.1) is 20.8 Å². The molecule has 0 saturated carbocycles. The van der Waals surface area contributed by atoms with E-state index in [1.54, 1.807) is 4.68 Å². The van der Waals surface area contributed by atoms with Gasteiger partial charge in [0.1, 0.15) is 0 Å². The fourth-order valence-electron chi connectivity index (χ4n) is 3.62. The maximum Gasteiger partial charge on any atom is 0.271 e. The van der Waals surface area contributed by atoms with Crippen molar-refractivity contribution in [2.24, 2.45) is 0 Å². The number of amides is 1. The van der Waals surface area contributed by atoms with Crippen LogP contribution in [-0.2, 0) is 4.79 Å². The molecule has 3 aromatic rings. The highest BCUT2D eigenvalue weighted by atomic mass is 32.2. The minimum atomic E-state index is -0.118. The zero-order valence-corrected chi connectivity index (χ0v) is 18.2. The molecule has 0 aliphatic carbocycles. The molecule has 158 valence electrons. The van der Waals surface area contributed by atoms with Crippen molar-refractivity contribution in [1.82, 2.24) is 24.7 Å². The molecule has 1 amide bonds. The van der Waals surface area contributed by atoms with Crippen molar-refractivity contribution in [2.45, 2.75) is 38.8 Å². The summed E-state index contributed by atoms with van der Waals surface area (Å²) in [6.45, 7) is 8.04. The molecular weight excluding hydrogens is 400 g/mol. The molecule has 1 aromatic carbocycles. The second kappa shape index (κ2) is 8.39. The number of hydrogen-bond donors (Lipinski definition) is 2. The molecule has 1 fully saturated rings. The highest BCUT2D eigenvalue weighted by Gasteiger charge is 2.17. The normalized spacial score (nSPS) is 13.8. The Morgan fingerprint density at radius 2 is 1.93 bits per heavy atom. The molecule has 2 aromatic heterocycles. The van der Waals surface area contributed by atoms with Crippen molar-refractivity contribution >= 4 is 29.0 Å². The summed E-state index contributed by atoms with van der Waals surface area (Å²) in [6.07, 6.45) is 2.48. The van der Waals surface area contributed by atoms with E-state index >= 15 is 0 Å². The fourth-order valence-corrected chi connectivity index (χ4v) is 4.27. The Balaban J connectivity index is 1.38. The zero-order valence-electron chi connectivity index (χ0n) is 17.4. The number of carbonyl (C=O) groups excluding carboxylic acids is 1. The number of nitrogens with one attached hydrogen (secondary N) is 1. The molecule has 1 aliphatic rings. The van der Waals surface area contributed by atoms with Gasteiger partial charge >= 0.3 is 0 Å². The third kappa shape index (κ3) is 4.13. The fraction of sp³-hybridized carbons (Fsp3) is 0.400. The summed E-state index contributed by atoms with van der Waals surface area (Å²) in [5, 5.41) is 16.0. The third-order valence-electron chi connectivity index (χ3n) is 5.13. The summed E-state index contributed by atoms with van der Waals surface area (Å²) in [7, 11) is 0. The molecule has 9 nitrogen and oxygen atoms in total. The number of aryl methyl sites for hydroxylation is 3. The minimum absolute atomic E-state index is 0.118. The molecule has 10 heteroatoms. The highest BCUT2D eigenvalue weighted by Crippen LogP contribution is 2.26. The molecule has 3 heterocycles. The van der Waals surface area contributed by atoms with Crippen molar-refractivity contribution in [3.8, 4) is 5.95 Å². The van der Waals surface area contributed by atoms with Crippen molar-refractivity contribution < 1.29 is 4.79 Å². The van der Waals surface area contributed by atoms with Crippen LogP contribution in [0.2, 0.25) is 0 Å². The number of benzene rings is 1. The van der Waals surface area contributed by atoms with E-state index in [1.165, 1.54) is 35.0 Å². The lowest BCUT2D eigenvalue weighted by molar-refractivity contribution is -0.113. The largest absolute Gasteiger partial charge is 0.372 e. The number of nitrogens with two attached hydrogens (primary N) is 1. The summed E-state index contributed by atoms with van der Waals surface area (Å²) in [6, 6.07) is 8.10. The van der Waals surface area contributed by atoms with Crippen LogP contribution >= 0.6 is 11.8 Å². The average molecular weight is 427 g/mol. The third-order valence-corrected chi connectivity index (χ3v) is 6.08. The van der Waals surface area contributed by atoms with E-state index in [0.717, 1.165) is 35.7 Å². The van der Waals surface area contributed by atoms with Crippen LogP contribution in [0.1, 0.15) is 29.8 Å². The van der Waals surface area contributed by atoms with Crippen LogP contribution in [0.4, 0.5) is 11.4 Å². The van der Waals surface area contributed by atoms with E-state index in [9.17, 15) is 4.79 Å². The standard InChI is InChI=1S/C20H26N8OS/c1-13-10-16(26-8-4-5-9-26)6-7-17(13)22-18(29)12-30-20-24-23-19(27(20)21)28-15(3)11-14(2)25-28/h6-7,10-11H,4-5,8-9,12,21H2,1-3H3,(H,22,29). The minimum Gasteiger partial charge on any atom is -0.372 e. The van der Waals surface area contributed by atoms with Gasteiger partial charge in [0.25, 0.3) is 5.95 Å². The van der Waals surface area contributed by atoms with Crippen LogP contribution in [-0.4, -0.2) is 49.4 Å². The predicted octanol–water partition coefficient (Wildman–Crippen LogP) is 2.43. The number of nitrogen functional groups attached to an aromatic ring is 1. The number of anilines is 2. The van der Waals surface area contributed by atoms with Gasteiger partial charge in [0.05, 0.1) is 11.4 Å². The molecule has 0 bridgehead atoms. The van der Waals surface area contributed by atoms with Gasteiger partial charge in [0.2, 0.25) is 11.1 Å². The topological polar surface area (TPSA) is 107 Å². The van der Waals surface area contributed by atoms with E-state index in [-0.39, 0.29) is 11.7 Å². The Kier molecular flexibility index (Phi) is 5.67. The first-order valence-electron chi connectivity index (χ1n) is 9.95. The Morgan fingerprint density at radius 3 is 2.60 bits per heavy atom. The van der Waals surface area contributed by atoms with Gasteiger partial charge in [-0.15, -0.1) is 10.2 Å². The van der Waals surface area contributed by atoms with Gasteiger partial charge in [0.15, 0.2) is 0 Å². The van der Waals surface area contributed by atoms with Crippen LogP contribution in [0.25, 0.3) is 5.95 Å². The lowest BCUT2D eigenvalue weighted by Gasteiger charge is -2.19. The smallest absolute Gasteiger partial charge is 0.271 e. The number of thioether (sulfide) groups is 1. The van der Waals surface area contributed by atoms with E-state index in [1.807, 2.05) is 32.9 Å². The number of rotatable bonds is 6. The maximum absolute atomic E-state index is 12.5. The van der Waals surface area contributed by atoms with Gasteiger partial charge in [-0.25, -0.2) is 9.36 Å². The predicted molar refractivity (Wildman–Crippen MR) is 119 cm³/mol. The Hall–Kier alpha value is -3.01. The highest BCUT2D eigenvalue weighted by molar-refractivity contribution is 7.99. The first-order chi connectivity index (χ1) is 14.4. The van der Waals surface area contributed by atoms with Gasteiger partial charge in [-0.2, -0.15) is 5.10 Å². The number of hydrogen-bond acceptors (Lipinski definition) is 7. The van der Waals surface area contributed by atoms with E-state index in [0.29, 0.717) is 11.1 Å². The van der Waals surface area contributed by atoms with Crippen LogP contribution < -0.4 is 16.1 Å². The Bertz CT molecular complexity index is 1070. The number of carbonyl (C=O) groups is 1. The number of aromatic nitrogens is 5.